The van der Waals surface area contributed by atoms with Crippen molar-refractivity contribution in [2.24, 2.45) is 0 Å². The van der Waals surface area contributed by atoms with Gasteiger partial charge in [-0.3, -0.25) is 4.79 Å². The summed E-state index contributed by atoms with van der Waals surface area (Å²) >= 11 is 0. The Labute approximate surface area is 80.4 Å². The van der Waals surface area contributed by atoms with Crippen LogP contribution in [0.25, 0.3) is 10.9 Å². The Hall–Kier alpha value is -1.64. The van der Waals surface area contributed by atoms with Crippen LogP contribution in [-0.2, 0) is 0 Å². The molecular weight excluding hydrogens is 181 g/mol. The first-order valence-electron chi connectivity index (χ1n) is 4.38. The fraction of sp³-hybridized carbons (Fsp3) is 0.182. The van der Waals surface area contributed by atoms with Crippen molar-refractivity contribution in [3.8, 4) is 0 Å². The van der Waals surface area contributed by atoms with Crippen molar-refractivity contribution in [2.45, 2.75) is 13.8 Å². The highest BCUT2D eigenvalue weighted by molar-refractivity contribution is 5.79. The maximum absolute atomic E-state index is 13.4. The summed E-state index contributed by atoms with van der Waals surface area (Å²) in [6.07, 6.45) is 0. The van der Waals surface area contributed by atoms with E-state index in [9.17, 15) is 9.18 Å². The minimum atomic E-state index is -0.374. The van der Waals surface area contributed by atoms with E-state index in [1.165, 1.54) is 12.1 Å². The van der Waals surface area contributed by atoms with Crippen LogP contribution < -0.4 is 5.43 Å². The van der Waals surface area contributed by atoms with Crippen LogP contribution in [0.5, 0.6) is 0 Å². The zero-order valence-corrected chi connectivity index (χ0v) is 8.02. The molecule has 1 aromatic heterocycles. The molecule has 0 saturated heterocycles. The number of hydrogen-bond acceptors (Lipinski definition) is 1. The van der Waals surface area contributed by atoms with Crippen LogP contribution in [0.1, 0.15) is 11.3 Å². The second-order valence-electron chi connectivity index (χ2n) is 3.49. The van der Waals surface area contributed by atoms with Crippen molar-refractivity contribution >= 4 is 10.9 Å². The van der Waals surface area contributed by atoms with Crippen molar-refractivity contribution in [1.82, 2.24) is 4.98 Å². The summed E-state index contributed by atoms with van der Waals surface area (Å²) in [5.74, 6) is -0.374. The smallest absolute Gasteiger partial charge is 0.189 e. The average molecular weight is 191 g/mol. The SMILES string of the molecule is Cc1cc(F)c2[nH]c(C)cc(=O)c2c1. The van der Waals surface area contributed by atoms with E-state index in [0.717, 1.165) is 5.56 Å². The monoisotopic (exact) mass is 191 g/mol. The lowest BCUT2D eigenvalue weighted by molar-refractivity contribution is 0.635. The molecule has 0 aliphatic carbocycles. The standard InChI is InChI=1S/C11H10FNO/c1-6-3-8-10(14)5-7(2)13-11(8)9(12)4-6/h3-5H,1-2H3,(H,13,14). The van der Waals surface area contributed by atoms with E-state index in [-0.39, 0.29) is 11.2 Å². The van der Waals surface area contributed by atoms with Crippen LogP contribution in [0.3, 0.4) is 0 Å². The van der Waals surface area contributed by atoms with Gasteiger partial charge in [-0.15, -0.1) is 0 Å². The third kappa shape index (κ3) is 1.31. The summed E-state index contributed by atoms with van der Waals surface area (Å²) in [4.78, 5) is 14.4. The summed E-state index contributed by atoms with van der Waals surface area (Å²) in [5.41, 5.74) is 1.58. The minimum absolute atomic E-state index is 0.140. The molecule has 14 heavy (non-hydrogen) atoms. The van der Waals surface area contributed by atoms with Gasteiger partial charge in [0.1, 0.15) is 5.82 Å². The maximum Gasteiger partial charge on any atom is 0.189 e. The highest BCUT2D eigenvalue weighted by Crippen LogP contribution is 2.14. The summed E-state index contributed by atoms with van der Waals surface area (Å²) < 4.78 is 13.4. The molecule has 0 radical (unpaired) electrons. The molecule has 2 nitrogen and oxygen atoms in total. The topological polar surface area (TPSA) is 32.9 Å². The zero-order valence-electron chi connectivity index (χ0n) is 8.02. The highest BCUT2D eigenvalue weighted by Gasteiger charge is 2.05. The number of nitrogens with one attached hydrogen (secondary N) is 1. The normalized spacial score (nSPS) is 10.8. The first-order chi connectivity index (χ1) is 6.58. The molecule has 1 N–H and O–H groups in total. The van der Waals surface area contributed by atoms with Crippen molar-refractivity contribution in [3.05, 3.63) is 45.5 Å². The van der Waals surface area contributed by atoms with E-state index in [4.69, 9.17) is 0 Å². The fourth-order valence-corrected chi connectivity index (χ4v) is 1.57. The molecule has 72 valence electrons. The van der Waals surface area contributed by atoms with Gasteiger partial charge in [0.25, 0.3) is 0 Å². The van der Waals surface area contributed by atoms with Gasteiger partial charge < -0.3 is 4.98 Å². The lowest BCUT2D eigenvalue weighted by Crippen LogP contribution is -2.04. The van der Waals surface area contributed by atoms with Crippen molar-refractivity contribution < 1.29 is 4.39 Å². The maximum atomic E-state index is 13.4. The quantitative estimate of drug-likeness (QED) is 0.680. The Morgan fingerprint density at radius 1 is 1.21 bits per heavy atom. The molecule has 0 atom stereocenters. The van der Waals surface area contributed by atoms with Gasteiger partial charge in [0.15, 0.2) is 5.43 Å². The van der Waals surface area contributed by atoms with Gasteiger partial charge in [-0.25, -0.2) is 4.39 Å². The number of fused-ring (bicyclic) bond motifs is 1. The number of rotatable bonds is 0. The van der Waals surface area contributed by atoms with Gasteiger partial charge in [-0.2, -0.15) is 0 Å². The molecule has 0 bridgehead atoms. The van der Waals surface area contributed by atoms with Crippen molar-refractivity contribution in [2.75, 3.05) is 0 Å². The number of aryl methyl sites for hydroxylation is 2. The Bertz CT molecular complexity index is 557. The molecular formula is C11H10FNO. The van der Waals surface area contributed by atoms with Gasteiger partial charge in [0.05, 0.1) is 5.52 Å². The van der Waals surface area contributed by atoms with Crippen molar-refractivity contribution in [1.29, 1.82) is 0 Å². The number of aromatic amines is 1. The van der Waals surface area contributed by atoms with E-state index in [1.807, 2.05) is 0 Å². The lowest BCUT2D eigenvalue weighted by atomic mass is 10.1. The molecule has 2 rings (SSSR count). The van der Waals surface area contributed by atoms with Crippen molar-refractivity contribution in [3.63, 3.8) is 0 Å². The van der Waals surface area contributed by atoms with Gasteiger partial charge >= 0.3 is 0 Å². The van der Waals surface area contributed by atoms with Crippen LogP contribution in [0.15, 0.2) is 23.0 Å². The van der Waals surface area contributed by atoms with E-state index in [1.54, 1.807) is 19.9 Å². The first-order valence-corrected chi connectivity index (χ1v) is 4.38. The number of halogens is 1. The second-order valence-corrected chi connectivity index (χ2v) is 3.49. The summed E-state index contributed by atoms with van der Waals surface area (Å²) in [7, 11) is 0. The molecule has 0 aliphatic heterocycles. The lowest BCUT2D eigenvalue weighted by Gasteiger charge is -2.02. The average Bonchev–Trinajstić information content (AvgIpc) is 2.07. The van der Waals surface area contributed by atoms with E-state index < -0.39 is 0 Å². The Morgan fingerprint density at radius 2 is 1.93 bits per heavy atom. The largest absolute Gasteiger partial charge is 0.356 e. The molecule has 1 heterocycles. The Morgan fingerprint density at radius 3 is 2.64 bits per heavy atom. The molecule has 3 heteroatoms. The van der Waals surface area contributed by atoms with Crippen LogP contribution in [0, 0.1) is 19.7 Å². The van der Waals surface area contributed by atoms with Crippen LogP contribution >= 0.6 is 0 Å². The molecule has 2 aromatic rings. The molecule has 0 fully saturated rings. The van der Waals surface area contributed by atoms with Crippen LogP contribution in [0.2, 0.25) is 0 Å². The van der Waals surface area contributed by atoms with E-state index in [2.05, 4.69) is 4.98 Å². The number of hydrogen-bond donors (Lipinski definition) is 1. The zero-order chi connectivity index (χ0) is 10.3. The number of aromatic nitrogens is 1. The fourth-order valence-electron chi connectivity index (χ4n) is 1.57. The molecule has 0 aliphatic rings. The minimum Gasteiger partial charge on any atom is -0.356 e. The number of pyridine rings is 1. The van der Waals surface area contributed by atoms with Gasteiger partial charge in [-0.05, 0) is 31.5 Å². The predicted molar refractivity (Wildman–Crippen MR) is 54.0 cm³/mol. The number of H-pyrrole nitrogens is 1. The second kappa shape index (κ2) is 2.94. The predicted octanol–water partition coefficient (Wildman–Crippen LogP) is 2.28. The van der Waals surface area contributed by atoms with Gasteiger partial charge in [-0.1, -0.05) is 0 Å². The van der Waals surface area contributed by atoms with Gasteiger partial charge in [0, 0.05) is 17.1 Å². The molecule has 0 spiro atoms. The molecule has 0 amide bonds. The Balaban J connectivity index is 3.02. The molecule has 1 aromatic carbocycles. The summed E-state index contributed by atoms with van der Waals surface area (Å²) in [5, 5.41) is 0.410. The third-order valence-corrected chi connectivity index (χ3v) is 2.17. The first kappa shape index (κ1) is 8.94. The molecule has 0 saturated carbocycles. The highest BCUT2D eigenvalue weighted by atomic mass is 19.1. The van der Waals surface area contributed by atoms with E-state index >= 15 is 0 Å². The number of benzene rings is 1. The Kier molecular flexibility index (Phi) is 1.88. The van der Waals surface area contributed by atoms with Crippen LogP contribution in [0.4, 0.5) is 4.39 Å². The van der Waals surface area contributed by atoms with E-state index in [0.29, 0.717) is 16.6 Å². The van der Waals surface area contributed by atoms with Crippen LogP contribution in [-0.4, -0.2) is 4.98 Å². The molecule has 0 unspecified atom stereocenters. The summed E-state index contributed by atoms with van der Waals surface area (Å²) in [6, 6.07) is 4.58. The third-order valence-electron chi connectivity index (χ3n) is 2.17. The van der Waals surface area contributed by atoms with Gasteiger partial charge in [0.2, 0.25) is 0 Å². The summed E-state index contributed by atoms with van der Waals surface area (Å²) in [6.45, 7) is 3.50.